The highest BCUT2D eigenvalue weighted by molar-refractivity contribution is 5.92. The molecule has 1 aromatic carbocycles. The topological polar surface area (TPSA) is 89.4 Å². The van der Waals surface area contributed by atoms with E-state index in [-0.39, 0.29) is 5.91 Å². The van der Waals surface area contributed by atoms with Crippen LogP contribution in [0.15, 0.2) is 28.8 Å². The highest BCUT2D eigenvalue weighted by Gasteiger charge is 2.26. The average molecular weight is 355 g/mol. The van der Waals surface area contributed by atoms with Crippen molar-refractivity contribution >= 4 is 11.8 Å². The minimum absolute atomic E-state index is 0.179. The minimum atomic E-state index is -0.408. The fourth-order valence-corrected chi connectivity index (χ4v) is 3.66. The van der Waals surface area contributed by atoms with Crippen LogP contribution < -0.4 is 5.73 Å². The summed E-state index contributed by atoms with van der Waals surface area (Å²) in [5.74, 6) is 0.984. The van der Waals surface area contributed by atoms with Crippen LogP contribution in [-0.2, 0) is 17.6 Å². The number of carbonyl (C=O) groups excluding carboxylic acids is 2. The Balaban J connectivity index is 1.52. The molecule has 6 nitrogen and oxygen atoms in total. The standard InChI is InChI=1S/C20H25N3O3/c1-13-18(14(2)26-22-13)6-7-19(24)23-9-8-16(12-23)10-15-4-3-5-17(11-15)20(21)25/h3-5,11,16H,6-10,12H2,1-2H3,(H2,21,25). The molecule has 1 atom stereocenters. The second kappa shape index (κ2) is 7.72. The maximum atomic E-state index is 12.5. The molecule has 2 amide bonds. The van der Waals surface area contributed by atoms with E-state index >= 15 is 0 Å². The molecule has 1 fully saturated rings. The summed E-state index contributed by atoms with van der Waals surface area (Å²) in [6, 6.07) is 7.45. The maximum absolute atomic E-state index is 12.5. The summed E-state index contributed by atoms with van der Waals surface area (Å²) in [6.45, 7) is 5.34. The van der Waals surface area contributed by atoms with E-state index in [0.717, 1.165) is 48.5 Å². The average Bonchev–Trinajstić information content (AvgIpc) is 3.20. The van der Waals surface area contributed by atoms with E-state index in [2.05, 4.69) is 5.16 Å². The van der Waals surface area contributed by atoms with E-state index in [9.17, 15) is 9.59 Å². The van der Waals surface area contributed by atoms with Crippen LogP contribution in [0.4, 0.5) is 0 Å². The Morgan fingerprint density at radius 2 is 2.15 bits per heavy atom. The molecule has 1 aliphatic heterocycles. The molecular formula is C20H25N3O3. The number of nitrogens with zero attached hydrogens (tertiary/aromatic N) is 2. The number of likely N-dealkylation sites (tertiary alicyclic amines) is 1. The van der Waals surface area contributed by atoms with Gasteiger partial charge >= 0.3 is 0 Å². The molecule has 26 heavy (non-hydrogen) atoms. The van der Waals surface area contributed by atoms with E-state index in [1.165, 1.54) is 0 Å². The Hall–Kier alpha value is -2.63. The Morgan fingerprint density at radius 1 is 1.35 bits per heavy atom. The fraction of sp³-hybridized carbons (Fsp3) is 0.450. The maximum Gasteiger partial charge on any atom is 0.248 e. The number of aryl methyl sites for hydroxylation is 2. The summed E-state index contributed by atoms with van der Waals surface area (Å²) in [6.07, 6.45) is 2.99. The Morgan fingerprint density at radius 3 is 2.85 bits per heavy atom. The first-order valence-corrected chi connectivity index (χ1v) is 9.02. The lowest BCUT2D eigenvalue weighted by molar-refractivity contribution is -0.130. The predicted octanol–water partition coefficient (Wildman–Crippen LogP) is 2.41. The zero-order chi connectivity index (χ0) is 18.7. The molecule has 1 aliphatic rings. The lowest BCUT2D eigenvalue weighted by atomic mass is 9.97. The van der Waals surface area contributed by atoms with Gasteiger partial charge < -0.3 is 15.2 Å². The molecule has 2 N–H and O–H groups in total. The Bertz CT molecular complexity index is 793. The third-order valence-corrected chi connectivity index (χ3v) is 5.14. The number of aromatic nitrogens is 1. The van der Waals surface area contributed by atoms with E-state index in [1.807, 2.05) is 36.9 Å². The van der Waals surface area contributed by atoms with Gasteiger partial charge in [0.1, 0.15) is 5.76 Å². The first kappa shape index (κ1) is 18.2. The second-order valence-corrected chi connectivity index (χ2v) is 7.07. The van der Waals surface area contributed by atoms with Crippen LogP contribution in [0.5, 0.6) is 0 Å². The molecular weight excluding hydrogens is 330 g/mol. The fourth-order valence-electron chi connectivity index (χ4n) is 3.66. The number of benzene rings is 1. The molecule has 0 saturated carbocycles. The summed E-state index contributed by atoms with van der Waals surface area (Å²) in [4.78, 5) is 25.8. The number of nitrogens with two attached hydrogens (primary N) is 1. The number of rotatable bonds is 6. The van der Waals surface area contributed by atoms with Crippen LogP contribution in [0.3, 0.4) is 0 Å². The van der Waals surface area contributed by atoms with Gasteiger partial charge in [-0.25, -0.2) is 0 Å². The van der Waals surface area contributed by atoms with Gasteiger partial charge in [-0.2, -0.15) is 0 Å². The van der Waals surface area contributed by atoms with Gasteiger partial charge in [0.2, 0.25) is 11.8 Å². The quantitative estimate of drug-likeness (QED) is 0.862. The Labute approximate surface area is 153 Å². The summed E-state index contributed by atoms with van der Waals surface area (Å²) in [7, 11) is 0. The Kier molecular flexibility index (Phi) is 5.40. The van der Waals surface area contributed by atoms with Gasteiger partial charge in [-0.3, -0.25) is 9.59 Å². The molecule has 2 heterocycles. The van der Waals surface area contributed by atoms with Crippen LogP contribution in [0.25, 0.3) is 0 Å². The van der Waals surface area contributed by atoms with Crippen molar-refractivity contribution in [1.29, 1.82) is 0 Å². The molecule has 2 aromatic rings. The highest BCUT2D eigenvalue weighted by atomic mass is 16.5. The van der Waals surface area contributed by atoms with Crippen LogP contribution in [0.1, 0.15) is 45.8 Å². The molecule has 138 valence electrons. The van der Waals surface area contributed by atoms with Gasteiger partial charge in [0, 0.05) is 30.6 Å². The second-order valence-electron chi connectivity index (χ2n) is 7.07. The monoisotopic (exact) mass is 355 g/mol. The third-order valence-electron chi connectivity index (χ3n) is 5.14. The van der Waals surface area contributed by atoms with Gasteiger partial charge in [0.05, 0.1) is 5.69 Å². The first-order valence-electron chi connectivity index (χ1n) is 9.02. The molecule has 0 bridgehead atoms. The first-order chi connectivity index (χ1) is 12.4. The lowest BCUT2D eigenvalue weighted by Gasteiger charge is -2.17. The molecule has 1 aromatic heterocycles. The molecule has 0 radical (unpaired) electrons. The lowest BCUT2D eigenvalue weighted by Crippen LogP contribution is -2.29. The summed E-state index contributed by atoms with van der Waals surface area (Å²) < 4.78 is 5.16. The number of hydrogen-bond donors (Lipinski definition) is 1. The van der Waals surface area contributed by atoms with Crippen molar-refractivity contribution in [3.63, 3.8) is 0 Å². The van der Waals surface area contributed by atoms with Gasteiger partial charge in [-0.05, 0) is 56.7 Å². The van der Waals surface area contributed by atoms with E-state index < -0.39 is 5.91 Å². The largest absolute Gasteiger partial charge is 0.366 e. The van der Waals surface area contributed by atoms with Gasteiger partial charge in [-0.1, -0.05) is 17.3 Å². The van der Waals surface area contributed by atoms with Gasteiger partial charge in [0.25, 0.3) is 0 Å². The number of primary amides is 1. The molecule has 1 saturated heterocycles. The van der Waals surface area contributed by atoms with E-state index in [4.69, 9.17) is 10.3 Å². The predicted molar refractivity (Wildman–Crippen MR) is 97.6 cm³/mol. The van der Waals surface area contributed by atoms with Gasteiger partial charge in [0.15, 0.2) is 0 Å². The van der Waals surface area contributed by atoms with Crippen LogP contribution in [-0.4, -0.2) is 35.0 Å². The van der Waals surface area contributed by atoms with Crippen molar-refractivity contribution < 1.29 is 14.1 Å². The number of carbonyl (C=O) groups is 2. The van der Waals surface area contributed by atoms with Crippen molar-refractivity contribution in [2.75, 3.05) is 13.1 Å². The molecule has 6 heteroatoms. The van der Waals surface area contributed by atoms with Crippen molar-refractivity contribution in [3.05, 3.63) is 52.4 Å². The number of hydrogen-bond acceptors (Lipinski definition) is 4. The molecule has 0 aliphatic carbocycles. The summed E-state index contributed by atoms with van der Waals surface area (Å²) >= 11 is 0. The molecule has 0 spiro atoms. The zero-order valence-electron chi connectivity index (χ0n) is 15.3. The van der Waals surface area contributed by atoms with Crippen LogP contribution in [0, 0.1) is 19.8 Å². The normalized spacial score (nSPS) is 16.8. The van der Waals surface area contributed by atoms with E-state index in [0.29, 0.717) is 24.3 Å². The van der Waals surface area contributed by atoms with Crippen LogP contribution in [0.2, 0.25) is 0 Å². The molecule has 3 rings (SSSR count). The summed E-state index contributed by atoms with van der Waals surface area (Å²) in [5.41, 5.74) is 8.88. The van der Waals surface area contributed by atoms with Crippen LogP contribution >= 0.6 is 0 Å². The SMILES string of the molecule is Cc1noc(C)c1CCC(=O)N1CCC(Cc2cccc(C(N)=O)c2)C1. The van der Waals surface area contributed by atoms with Crippen molar-refractivity contribution in [2.24, 2.45) is 11.7 Å². The van der Waals surface area contributed by atoms with Crippen molar-refractivity contribution in [3.8, 4) is 0 Å². The highest BCUT2D eigenvalue weighted by Crippen LogP contribution is 2.23. The molecule has 1 unspecified atom stereocenters. The summed E-state index contributed by atoms with van der Waals surface area (Å²) in [5, 5.41) is 3.94. The zero-order valence-corrected chi connectivity index (χ0v) is 15.3. The minimum Gasteiger partial charge on any atom is -0.366 e. The van der Waals surface area contributed by atoms with Crippen molar-refractivity contribution in [1.82, 2.24) is 10.1 Å². The van der Waals surface area contributed by atoms with Gasteiger partial charge in [-0.15, -0.1) is 0 Å². The van der Waals surface area contributed by atoms with E-state index in [1.54, 1.807) is 6.07 Å². The third kappa shape index (κ3) is 4.12. The van der Waals surface area contributed by atoms with Crippen molar-refractivity contribution in [2.45, 2.75) is 39.5 Å². The number of amides is 2. The smallest absolute Gasteiger partial charge is 0.248 e.